The van der Waals surface area contributed by atoms with Crippen molar-refractivity contribution < 1.29 is 9.90 Å². The summed E-state index contributed by atoms with van der Waals surface area (Å²) in [6.07, 6.45) is 0. The van der Waals surface area contributed by atoms with Crippen molar-refractivity contribution in [2.75, 3.05) is 0 Å². The summed E-state index contributed by atoms with van der Waals surface area (Å²) >= 11 is 6.63. The molecule has 0 radical (unpaired) electrons. The molecule has 0 aliphatic rings. The summed E-state index contributed by atoms with van der Waals surface area (Å²) in [5.74, 6) is -0.917. The standard InChI is InChI=1S/C14H8BrNO2S2/c15-12-6-5-11(20-12)10-7-19-13(16-10)8-1-3-9(4-2-8)14(17)18/h1-7H,(H,17,18). The van der Waals surface area contributed by atoms with Crippen molar-refractivity contribution in [2.45, 2.75) is 0 Å². The molecule has 3 aromatic rings. The van der Waals surface area contributed by atoms with E-state index < -0.39 is 5.97 Å². The first-order chi connectivity index (χ1) is 9.63. The van der Waals surface area contributed by atoms with Gasteiger partial charge in [-0.25, -0.2) is 9.78 Å². The smallest absolute Gasteiger partial charge is 0.335 e. The largest absolute Gasteiger partial charge is 0.478 e. The van der Waals surface area contributed by atoms with E-state index >= 15 is 0 Å². The molecule has 100 valence electrons. The Bertz CT molecular complexity index is 762. The lowest BCUT2D eigenvalue weighted by molar-refractivity contribution is 0.0697. The van der Waals surface area contributed by atoms with E-state index in [1.807, 2.05) is 17.5 Å². The summed E-state index contributed by atoms with van der Waals surface area (Å²) in [6.45, 7) is 0. The van der Waals surface area contributed by atoms with Crippen molar-refractivity contribution in [1.29, 1.82) is 0 Å². The van der Waals surface area contributed by atoms with Crippen LogP contribution in [0.15, 0.2) is 45.6 Å². The molecule has 20 heavy (non-hydrogen) atoms. The number of nitrogens with zero attached hydrogens (tertiary/aromatic N) is 1. The first-order valence-corrected chi connectivity index (χ1v) is 8.17. The number of halogens is 1. The van der Waals surface area contributed by atoms with Gasteiger partial charge in [-0.15, -0.1) is 22.7 Å². The van der Waals surface area contributed by atoms with Crippen molar-refractivity contribution in [3.05, 3.63) is 51.1 Å². The molecule has 0 unspecified atom stereocenters. The fraction of sp³-hybridized carbons (Fsp3) is 0. The lowest BCUT2D eigenvalue weighted by atomic mass is 10.1. The summed E-state index contributed by atoms with van der Waals surface area (Å²) < 4.78 is 1.08. The van der Waals surface area contributed by atoms with Gasteiger partial charge >= 0.3 is 5.97 Å². The maximum Gasteiger partial charge on any atom is 0.335 e. The lowest BCUT2D eigenvalue weighted by Gasteiger charge is -1.97. The third-order valence-corrected chi connectivity index (χ3v) is 5.25. The minimum atomic E-state index is -0.917. The molecule has 0 saturated carbocycles. The number of rotatable bonds is 3. The van der Waals surface area contributed by atoms with E-state index in [0.717, 1.165) is 24.9 Å². The number of thiazole rings is 1. The number of thiophene rings is 1. The predicted octanol–water partition coefficient (Wildman–Crippen LogP) is 5.00. The number of carboxylic acids is 1. The Kier molecular flexibility index (Phi) is 3.69. The Balaban J connectivity index is 1.91. The molecular weight excluding hydrogens is 358 g/mol. The maximum atomic E-state index is 10.8. The van der Waals surface area contributed by atoms with E-state index in [4.69, 9.17) is 5.11 Å². The number of benzene rings is 1. The average molecular weight is 366 g/mol. The van der Waals surface area contributed by atoms with Crippen LogP contribution in [0.1, 0.15) is 10.4 Å². The number of carbonyl (C=O) groups is 1. The molecule has 0 fully saturated rings. The van der Waals surface area contributed by atoms with Crippen molar-refractivity contribution in [3.63, 3.8) is 0 Å². The molecule has 0 saturated heterocycles. The van der Waals surface area contributed by atoms with Crippen LogP contribution in [0.25, 0.3) is 21.1 Å². The summed E-state index contributed by atoms with van der Waals surface area (Å²) in [5, 5.41) is 11.8. The average Bonchev–Trinajstić information content (AvgIpc) is 3.07. The van der Waals surface area contributed by atoms with Crippen LogP contribution in [-0.2, 0) is 0 Å². The van der Waals surface area contributed by atoms with Gasteiger partial charge in [0.15, 0.2) is 0 Å². The minimum absolute atomic E-state index is 0.285. The van der Waals surface area contributed by atoms with Crippen molar-refractivity contribution in [2.24, 2.45) is 0 Å². The highest BCUT2D eigenvalue weighted by molar-refractivity contribution is 9.11. The van der Waals surface area contributed by atoms with Crippen LogP contribution in [0, 0.1) is 0 Å². The molecule has 0 spiro atoms. The van der Waals surface area contributed by atoms with Gasteiger partial charge in [-0.05, 0) is 40.2 Å². The number of carboxylic acid groups (broad SMARTS) is 1. The van der Waals surface area contributed by atoms with E-state index in [1.165, 1.54) is 0 Å². The van der Waals surface area contributed by atoms with Crippen LogP contribution < -0.4 is 0 Å². The van der Waals surface area contributed by atoms with Crippen LogP contribution >= 0.6 is 38.6 Å². The summed E-state index contributed by atoms with van der Waals surface area (Å²) in [4.78, 5) is 16.5. The minimum Gasteiger partial charge on any atom is -0.478 e. The van der Waals surface area contributed by atoms with Gasteiger partial charge in [0.1, 0.15) is 5.01 Å². The van der Waals surface area contributed by atoms with Gasteiger partial charge in [0.25, 0.3) is 0 Å². The van der Waals surface area contributed by atoms with E-state index in [9.17, 15) is 4.79 Å². The van der Waals surface area contributed by atoms with Crippen LogP contribution in [0.5, 0.6) is 0 Å². The molecule has 1 N–H and O–H groups in total. The zero-order valence-corrected chi connectivity index (χ0v) is 13.3. The Hall–Kier alpha value is -1.50. The molecule has 6 heteroatoms. The Morgan fingerprint density at radius 3 is 2.50 bits per heavy atom. The van der Waals surface area contributed by atoms with Gasteiger partial charge in [-0.1, -0.05) is 12.1 Å². The summed E-state index contributed by atoms with van der Waals surface area (Å²) in [6, 6.07) is 10.8. The second kappa shape index (κ2) is 5.47. The van der Waals surface area contributed by atoms with Crippen molar-refractivity contribution in [1.82, 2.24) is 4.98 Å². The molecule has 0 amide bonds. The van der Waals surface area contributed by atoms with Gasteiger partial charge in [0.2, 0.25) is 0 Å². The third-order valence-electron chi connectivity index (χ3n) is 2.71. The second-order valence-corrected chi connectivity index (χ2v) is 7.35. The second-order valence-electron chi connectivity index (χ2n) is 4.02. The third kappa shape index (κ3) is 2.67. The van der Waals surface area contributed by atoms with Gasteiger partial charge in [0.05, 0.1) is 19.9 Å². The zero-order valence-electron chi connectivity index (χ0n) is 10.0. The lowest BCUT2D eigenvalue weighted by Crippen LogP contribution is -1.94. The number of hydrogen-bond acceptors (Lipinski definition) is 4. The number of hydrogen-bond donors (Lipinski definition) is 1. The maximum absolute atomic E-state index is 10.8. The van der Waals surface area contributed by atoms with E-state index in [0.29, 0.717) is 0 Å². The number of aromatic carboxylic acids is 1. The molecule has 1 aromatic carbocycles. The molecule has 3 nitrogen and oxygen atoms in total. The van der Waals surface area contributed by atoms with E-state index in [1.54, 1.807) is 46.9 Å². The van der Waals surface area contributed by atoms with Crippen LogP contribution in [-0.4, -0.2) is 16.1 Å². The van der Waals surface area contributed by atoms with E-state index in [-0.39, 0.29) is 5.56 Å². The van der Waals surface area contributed by atoms with Gasteiger partial charge in [-0.3, -0.25) is 0 Å². The normalized spacial score (nSPS) is 10.7. The van der Waals surface area contributed by atoms with Gasteiger partial charge < -0.3 is 5.11 Å². The Labute approximate surface area is 131 Å². The monoisotopic (exact) mass is 365 g/mol. The molecule has 0 bridgehead atoms. The summed E-state index contributed by atoms with van der Waals surface area (Å²) in [5.41, 5.74) is 2.16. The van der Waals surface area contributed by atoms with Crippen molar-refractivity contribution in [3.8, 4) is 21.1 Å². The van der Waals surface area contributed by atoms with Crippen molar-refractivity contribution >= 4 is 44.6 Å². The summed E-state index contributed by atoms with van der Waals surface area (Å²) in [7, 11) is 0. The molecular formula is C14H8BrNO2S2. The van der Waals surface area contributed by atoms with Crippen LogP contribution in [0.2, 0.25) is 0 Å². The Morgan fingerprint density at radius 2 is 1.90 bits per heavy atom. The SMILES string of the molecule is O=C(O)c1ccc(-c2nc(-c3ccc(Br)s3)cs2)cc1. The Morgan fingerprint density at radius 1 is 1.15 bits per heavy atom. The fourth-order valence-electron chi connectivity index (χ4n) is 1.73. The molecule has 2 aromatic heterocycles. The zero-order chi connectivity index (χ0) is 14.1. The fourth-order valence-corrected chi connectivity index (χ4v) is 3.97. The van der Waals surface area contributed by atoms with Crippen LogP contribution in [0.4, 0.5) is 0 Å². The van der Waals surface area contributed by atoms with Crippen LogP contribution in [0.3, 0.4) is 0 Å². The van der Waals surface area contributed by atoms with Gasteiger partial charge in [-0.2, -0.15) is 0 Å². The highest BCUT2D eigenvalue weighted by atomic mass is 79.9. The molecule has 3 rings (SSSR count). The topological polar surface area (TPSA) is 50.2 Å². The molecule has 0 atom stereocenters. The quantitative estimate of drug-likeness (QED) is 0.710. The first-order valence-electron chi connectivity index (χ1n) is 5.68. The van der Waals surface area contributed by atoms with Gasteiger partial charge in [0, 0.05) is 10.9 Å². The highest BCUT2D eigenvalue weighted by Crippen LogP contribution is 2.34. The van der Waals surface area contributed by atoms with E-state index in [2.05, 4.69) is 20.9 Å². The highest BCUT2D eigenvalue weighted by Gasteiger charge is 2.09. The predicted molar refractivity (Wildman–Crippen MR) is 85.5 cm³/mol. The first kappa shape index (κ1) is 13.5. The molecule has 0 aliphatic heterocycles. The number of aromatic nitrogens is 1. The molecule has 0 aliphatic carbocycles. The molecule has 2 heterocycles.